The van der Waals surface area contributed by atoms with Crippen molar-refractivity contribution >= 4 is 18.1 Å². The number of urea groups is 1. The predicted molar refractivity (Wildman–Crippen MR) is 99.8 cm³/mol. The van der Waals surface area contributed by atoms with Gasteiger partial charge in [0.2, 0.25) is 0 Å². The summed E-state index contributed by atoms with van der Waals surface area (Å²) in [5.74, 6) is -1.13. The van der Waals surface area contributed by atoms with Crippen molar-refractivity contribution in [1.82, 2.24) is 10.6 Å². The number of carbonyl (C=O) groups is 2. The Kier molecular flexibility index (Phi) is 5.49. The average Bonchev–Trinajstić information content (AvgIpc) is 2.66. The van der Waals surface area contributed by atoms with Crippen LogP contribution in [0.1, 0.15) is 11.1 Å². The van der Waals surface area contributed by atoms with E-state index in [0.29, 0.717) is 5.70 Å². The first-order chi connectivity index (χ1) is 12.6. The summed E-state index contributed by atoms with van der Waals surface area (Å²) in [7, 11) is 0. The lowest BCUT2D eigenvalue weighted by molar-refractivity contribution is -0.149. The smallest absolute Gasteiger partial charge is 0.319 e. The number of esters is 1. The van der Waals surface area contributed by atoms with Crippen LogP contribution < -0.4 is 10.6 Å². The molecule has 5 nitrogen and oxygen atoms in total. The Labute approximate surface area is 152 Å². The van der Waals surface area contributed by atoms with E-state index in [1.54, 1.807) is 6.08 Å². The van der Waals surface area contributed by atoms with Gasteiger partial charge in [-0.2, -0.15) is 0 Å². The van der Waals surface area contributed by atoms with E-state index < -0.39 is 17.9 Å². The van der Waals surface area contributed by atoms with Gasteiger partial charge < -0.3 is 15.4 Å². The highest BCUT2D eigenvalue weighted by Gasteiger charge is 2.36. The Balaban J connectivity index is 1.72. The molecule has 2 amide bonds. The maximum absolute atomic E-state index is 12.6. The number of benzene rings is 2. The zero-order chi connectivity index (χ0) is 18.4. The van der Waals surface area contributed by atoms with E-state index in [-0.39, 0.29) is 12.6 Å². The average molecular weight is 348 g/mol. The Hall–Kier alpha value is -3.34. The van der Waals surface area contributed by atoms with Gasteiger partial charge in [0.15, 0.2) is 0 Å². The van der Waals surface area contributed by atoms with Crippen molar-refractivity contribution < 1.29 is 14.3 Å². The minimum atomic E-state index is -0.698. The van der Waals surface area contributed by atoms with Crippen molar-refractivity contribution in [1.29, 1.82) is 0 Å². The number of amides is 2. The number of hydrogen-bond acceptors (Lipinski definition) is 3. The molecule has 0 bridgehead atoms. The highest BCUT2D eigenvalue weighted by Crippen LogP contribution is 2.20. The van der Waals surface area contributed by atoms with Crippen LogP contribution in [0.25, 0.3) is 6.08 Å². The molecule has 1 aliphatic rings. The third kappa shape index (κ3) is 4.39. The molecule has 0 aliphatic carbocycles. The molecule has 1 aliphatic heterocycles. The molecule has 2 aromatic rings. The molecular weight excluding hydrogens is 328 g/mol. The first-order valence-corrected chi connectivity index (χ1v) is 8.33. The van der Waals surface area contributed by atoms with Crippen molar-refractivity contribution in [3.05, 3.63) is 90.1 Å². The first kappa shape index (κ1) is 17.5. The van der Waals surface area contributed by atoms with Crippen LogP contribution in [0.4, 0.5) is 4.79 Å². The lowest BCUT2D eigenvalue weighted by atomic mass is 9.93. The van der Waals surface area contributed by atoms with E-state index in [9.17, 15) is 9.59 Å². The van der Waals surface area contributed by atoms with Crippen LogP contribution in [0.2, 0.25) is 0 Å². The maximum atomic E-state index is 12.6. The predicted octanol–water partition coefficient (Wildman–Crippen LogP) is 3.25. The summed E-state index contributed by atoms with van der Waals surface area (Å²) in [5, 5.41) is 5.31. The van der Waals surface area contributed by atoms with Crippen molar-refractivity contribution in [2.75, 3.05) is 0 Å². The minimum absolute atomic E-state index is 0.173. The Morgan fingerprint density at radius 3 is 2.42 bits per heavy atom. The Morgan fingerprint density at radius 2 is 1.73 bits per heavy atom. The summed E-state index contributed by atoms with van der Waals surface area (Å²) < 4.78 is 5.43. The van der Waals surface area contributed by atoms with Crippen LogP contribution in [0.15, 0.2) is 79.0 Å². The molecule has 1 heterocycles. The molecule has 1 fully saturated rings. The summed E-state index contributed by atoms with van der Waals surface area (Å²) in [6.45, 7) is 3.99. The van der Waals surface area contributed by atoms with E-state index in [0.717, 1.165) is 11.1 Å². The van der Waals surface area contributed by atoms with Gasteiger partial charge in [0, 0.05) is 5.70 Å². The summed E-state index contributed by atoms with van der Waals surface area (Å²) in [4.78, 5) is 24.4. The number of ether oxygens (including phenoxy) is 1. The van der Waals surface area contributed by atoms with E-state index in [1.165, 1.54) is 0 Å². The van der Waals surface area contributed by atoms with E-state index in [2.05, 4.69) is 17.2 Å². The Bertz CT molecular complexity index is 816. The third-order valence-corrected chi connectivity index (χ3v) is 4.08. The summed E-state index contributed by atoms with van der Waals surface area (Å²) in [6.07, 6.45) is 3.65. The molecule has 1 saturated heterocycles. The Morgan fingerprint density at radius 1 is 1.08 bits per heavy atom. The molecule has 2 atom stereocenters. The summed E-state index contributed by atoms with van der Waals surface area (Å²) >= 11 is 0. The van der Waals surface area contributed by atoms with Crippen molar-refractivity contribution in [3.63, 3.8) is 0 Å². The van der Waals surface area contributed by atoms with Crippen LogP contribution in [-0.2, 0) is 16.1 Å². The van der Waals surface area contributed by atoms with Crippen LogP contribution in [0, 0.1) is 5.92 Å². The summed E-state index contributed by atoms with van der Waals surface area (Å²) in [6, 6.07) is 18.2. The van der Waals surface area contributed by atoms with Gasteiger partial charge >= 0.3 is 12.0 Å². The SMILES string of the molecule is C=C1NC(=O)N[C@@H](C=Cc2ccccc2)[C@H]1C(=O)OCc1ccccc1. The molecule has 5 heteroatoms. The molecule has 0 aromatic heterocycles. The van der Waals surface area contributed by atoms with Crippen LogP contribution in [0.5, 0.6) is 0 Å². The fourth-order valence-electron chi connectivity index (χ4n) is 2.76. The quantitative estimate of drug-likeness (QED) is 0.815. The summed E-state index contributed by atoms with van der Waals surface area (Å²) in [5.41, 5.74) is 2.20. The second kappa shape index (κ2) is 8.16. The van der Waals surface area contributed by atoms with Gasteiger partial charge in [-0.05, 0) is 11.1 Å². The minimum Gasteiger partial charge on any atom is -0.460 e. The normalized spacial score (nSPS) is 19.7. The molecular formula is C21H20N2O3. The van der Waals surface area contributed by atoms with Gasteiger partial charge in [-0.25, -0.2) is 4.79 Å². The second-order valence-electron chi connectivity index (χ2n) is 5.99. The molecule has 2 aromatic carbocycles. The van der Waals surface area contributed by atoms with E-state index in [1.807, 2.05) is 66.7 Å². The maximum Gasteiger partial charge on any atom is 0.319 e. The lowest BCUT2D eigenvalue weighted by Crippen LogP contribution is -2.55. The number of nitrogens with one attached hydrogen (secondary N) is 2. The highest BCUT2D eigenvalue weighted by atomic mass is 16.5. The van der Waals surface area contributed by atoms with Crippen molar-refractivity contribution in [3.8, 4) is 0 Å². The monoisotopic (exact) mass is 348 g/mol. The van der Waals surface area contributed by atoms with E-state index in [4.69, 9.17) is 4.74 Å². The molecule has 0 saturated carbocycles. The van der Waals surface area contributed by atoms with Crippen molar-refractivity contribution in [2.45, 2.75) is 12.6 Å². The standard InChI is InChI=1S/C21H20N2O3/c1-15-19(20(24)26-14-17-10-6-3-7-11-17)18(23-21(25)22-15)13-12-16-8-4-2-5-9-16/h2-13,18-19H,1,14H2,(H2,22,23,25)/t18-,19-/m0/s1. The molecule has 132 valence electrons. The van der Waals surface area contributed by atoms with Gasteiger partial charge in [0.1, 0.15) is 12.5 Å². The van der Waals surface area contributed by atoms with Gasteiger partial charge in [-0.3, -0.25) is 4.79 Å². The molecule has 2 N–H and O–H groups in total. The molecule has 0 radical (unpaired) electrons. The van der Waals surface area contributed by atoms with Crippen LogP contribution >= 0.6 is 0 Å². The number of carbonyl (C=O) groups excluding carboxylic acids is 2. The molecule has 0 spiro atoms. The molecule has 3 rings (SSSR count). The zero-order valence-corrected chi connectivity index (χ0v) is 14.2. The number of hydrogen-bond donors (Lipinski definition) is 2. The lowest BCUT2D eigenvalue weighted by Gasteiger charge is -2.31. The van der Waals surface area contributed by atoms with Gasteiger partial charge in [-0.15, -0.1) is 0 Å². The zero-order valence-electron chi connectivity index (χ0n) is 14.2. The topological polar surface area (TPSA) is 67.4 Å². The van der Waals surface area contributed by atoms with Crippen LogP contribution in [0.3, 0.4) is 0 Å². The van der Waals surface area contributed by atoms with Gasteiger partial charge in [0.25, 0.3) is 0 Å². The molecule has 0 unspecified atom stereocenters. The van der Waals surface area contributed by atoms with Gasteiger partial charge in [-0.1, -0.05) is 79.4 Å². The second-order valence-corrected chi connectivity index (χ2v) is 5.99. The van der Waals surface area contributed by atoms with Crippen molar-refractivity contribution in [2.24, 2.45) is 5.92 Å². The largest absolute Gasteiger partial charge is 0.460 e. The fraction of sp³-hybridized carbons (Fsp3) is 0.143. The fourth-order valence-corrected chi connectivity index (χ4v) is 2.76. The van der Waals surface area contributed by atoms with E-state index >= 15 is 0 Å². The third-order valence-electron chi connectivity index (χ3n) is 4.08. The van der Waals surface area contributed by atoms with Crippen LogP contribution in [-0.4, -0.2) is 18.0 Å². The first-order valence-electron chi connectivity index (χ1n) is 8.33. The molecule has 26 heavy (non-hydrogen) atoms. The van der Waals surface area contributed by atoms with Gasteiger partial charge in [0.05, 0.1) is 6.04 Å². The highest BCUT2D eigenvalue weighted by molar-refractivity contribution is 5.85. The number of rotatable bonds is 5.